The molecular formula is C22H19ClN4O3S2. The molecule has 0 spiro atoms. The summed E-state index contributed by atoms with van der Waals surface area (Å²) in [4.78, 5) is 13.2. The van der Waals surface area contributed by atoms with Gasteiger partial charge in [-0.15, -0.1) is 0 Å². The molecule has 0 radical (unpaired) electrons. The van der Waals surface area contributed by atoms with Gasteiger partial charge in [0.2, 0.25) is 15.9 Å². The topological polar surface area (TPSA) is 101 Å². The molecule has 10 heteroatoms. The van der Waals surface area contributed by atoms with Crippen LogP contribution in [-0.4, -0.2) is 29.1 Å². The second kappa shape index (κ2) is 9.33. The Morgan fingerprint density at radius 3 is 2.56 bits per heavy atom. The summed E-state index contributed by atoms with van der Waals surface area (Å²) in [7, 11) is -4.06. The maximum Gasteiger partial charge on any atom is 0.243 e. The van der Waals surface area contributed by atoms with Gasteiger partial charge in [-0.05, 0) is 48.7 Å². The molecule has 7 nitrogen and oxygen atoms in total. The Kier molecular flexibility index (Phi) is 6.52. The van der Waals surface area contributed by atoms with Crippen molar-refractivity contribution in [2.24, 2.45) is 0 Å². The maximum atomic E-state index is 13.2. The largest absolute Gasteiger partial charge is 0.324 e. The molecule has 32 heavy (non-hydrogen) atoms. The maximum absolute atomic E-state index is 13.2. The fourth-order valence-electron chi connectivity index (χ4n) is 3.25. The highest BCUT2D eigenvalue weighted by Gasteiger charge is 2.28. The lowest BCUT2D eigenvalue weighted by molar-refractivity contribution is -0.117. The quantitative estimate of drug-likeness (QED) is 0.408. The average Bonchev–Trinajstić information content (AvgIpc) is 3.26. The second-order valence-corrected chi connectivity index (χ2v) is 9.77. The summed E-state index contributed by atoms with van der Waals surface area (Å²) in [6, 6.07) is 18.0. The minimum atomic E-state index is -4.06. The Morgan fingerprint density at radius 1 is 1.03 bits per heavy atom. The molecule has 0 aliphatic carbocycles. The molecular weight excluding hydrogens is 468 g/mol. The highest BCUT2D eigenvalue weighted by atomic mass is 35.5. The SMILES string of the molecule is Cc1c(Cl)cccc1NC(=O)C(Cc1ccccc1)NS(=O)(=O)c1cccc2nsnc12. The Balaban J connectivity index is 1.66. The van der Waals surface area contributed by atoms with Gasteiger partial charge in [-0.2, -0.15) is 13.5 Å². The lowest BCUT2D eigenvalue weighted by Gasteiger charge is -2.20. The number of hydrogen-bond acceptors (Lipinski definition) is 6. The Labute approximate surface area is 194 Å². The van der Waals surface area contributed by atoms with Crippen molar-refractivity contribution in [3.63, 3.8) is 0 Å². The van der Waals surface area contributed by atoms with E-state index in [4.69, 9.17) is 11.6 Å². The molecule has 0 aliphatic heterocycles. The number of halogens is 1. The molecule has 2 N–H and O–H groups in total. The fraction of sp³-hybridized carbons (Fsp3) is 0.136. The van der Waals surface area contributed by atoms with Gasteiger partial charge in [0.05, 0.1) is 11.7 Å². The molecule has 4 rings (SSSR count). The van der Waals surface area contributed by atoms with E-state index in [0.29, 0.717) is 21.8 Å². The van der Waals surface area contributed by atoms with Gasteiger partial charge in [0.1, 0.15) is 22.0 Å². The van der Waals surface area contributed by atoms with Crippen molar-refractivity contribution in [1.29, 1.82) is 0 Å². The summed E-state index contributed by atoms with van der Waals surface area (Å²) < 4.78 is 37.3. The molecule has 164 valence electrons. The van der Waals surface area contributed by atoms with Gasteiger partial charge in [0.25, 0.3) is 0 Å². The molecule has 0 aliphatic rings. The van der Waals surface area contributed by atoms with Gasteiger partial charge >= 0.3 is 0 Å². The van der Waals surface area contributed by atoms with Crippen molar-refractivity contribution >= 4 is 56.0 Å². The van der Waals surface area contributed by atoms with Crippen LogP contribution in [0.25, 0.3) is 11.0 Å². The molecule has 0 saturated heterocycles. The molecule has 1 aromatic heterocycles. The Morgan fingerprint density at radius 2 is 1.78 bits per heavy atom. The number of benzene rings is 3. The fourth-order valence-corrected chi connectivity index (χ4v) is 5.39. The second-order valence-electron chi connectivity index (χ2n) is 7.15. The lowest BCUT2D eigenvalue weighted by atomic mass is 10.1. The van der Waals surface area contributed by atoms with Crippen LogP contribution in [0.15, 0.2) is 71.6 Å². The first-order valence-corrected chi connectivity index (χ1v) is 12.3. The predicted octanol–water partition coefficient (Wildman–Crippen LogP) is 4.18. The molecule has 1 heterocycles. The van der Waals surface area contributed by atoms with Crippen LogP contribution in [0.1, 0.15) is 11.1 Å². The Hall–Kier alpha value is -2.85. The number of sulfonamides is 1. The van der Waals surface area contributed by atoms with Crippen molar-refractivity contribution in [3.8, 4) is 0 Å². The number of anilines is 1. The Bertz CT molecular complexity index is 1370. The number of nitrogens with one attached hydrogen (secondary N) is 2. The zero-order valence-corrected chi connectivity index (χ0v) is 19.3. The number of carbonyl (C=O) groups excluding carboxylic acids is 1. The molecule has 0 bridgehead atoms. The first-order valence-electron chi connectivity index (χ1n) is 9.68. The lowest BCUT2D eigenvalue weighted by Crippen LogP contribution is -2.45. The van der Waals surface area contributed by atoms with Crippen molar-refractivity contribution < 1.29 is 13.2 Å². The normalized spacial score (nSPS) is 12.6. The molecule has 0 saturated carbocycles. The molecule has 3 aromatic carbocycles. The van der Waals surface area contributed by atoms with E-state index in [9.17, 15) is 13.2 Å². The van der Waals surface area contributed by atoms with Crippen LogP contribution in [0.5, 0.6) is 0 Å². The first kappa shape index (κ1) is 22.3. The van der Waals surface area contributed by atoms with Gasteiger partial charge < -0.3 is 5.32 Å². The van der Waals surface area contributed by atoms with Crippen molar-refractivity contribution in [2.75, 3.05) is 5.32 Å². The smallest absolute Gasteiger partial charge is 0.243 e. The highest BCUT2D eigenvalue weighted by molar-refractivity contribution is 7.89. The summed E-state index contributed by atoms with van der Waals surface area (Å²) in [5, 5.41) is 3.31. The van der Waals surface area contributed by atoms with E-state index in [1.807, 2.05) is 30.3 Å². The average molecular weight is 487 g/mol. The third-order valence-corrected chi connectivity index (χ3v) is 7.42. The van der Waals surface area contributed by atoms with E-state index in [2.05, 4.69) is 18.8 Å². The van der Waals surface area contributed by atoms with Gasteiger partial charge in [-0.1, -0.05) is 54.1 Å². The van der Waals surface area contributed by atoms with Crippen LogP contribution >= 0.6 is 23.3 Å². The molecule has 1 atom stereocenters. The van der Waals surface area contributed by atoms with Gasteiger partial charge in [-0.25, -0.2) is 8.42 Å². The molecule has 1 amide bonds. The summed E-state index contributed by atoms with van der Waals surface area (Å²) in [5.41, 5.74) is 2.78. The van der Waals surface area contributed by atoms with Crippen molar-refractivity contribution in [1.82, 2.24) is 13.5 Å². The van der Waals surface area contributed by atoms with Gasteiger partial charge in [0.15, 0.2) is 0 Å². The highest BCUT2D eigenvalue weighted by Crippen LogP contribution is 2.24. The summed E-state index contributed by atoms with van der Waals surface area (Å²) >= 11 is 7.09. The first-order chi connectivity index (χ1) is 15.3. The van der Waals surface area contributed by atoms with E-state index in [0.717, 1.165) is 17.3 Å². The van der Waals surface area contributed by atoms with Gasteiger partial charge in [0, 0.05) is 10.7 Å². The van der Waals surface area contributed by atoms with E-state index >= 15 is 0 Å². The number of hydrogen-bond donors (Lipinski definition) is 2. The number of carbonyl (C=O) groups is 1. The van der Waals surface area contributed by atoms with Crippen LogP contribution in [0, 0.1) is 6.92 Å². The van der Waals surface area contributed by atoms with Crippen molar-refractivity contribution in [2.45, 2.75) is 24.3 Å². The predicted molar refractivity (Wildman–Crippen MR) is 126 cm³/mol. The minimum Gasteiger partial charge on any atom is -0.324 e. The molecule has 0 fully saturated rings. The third-order valence-electron chi connectivity index (χ3n) is 4.96. The standard InChI is InChI=1S/C22H19ClN4O3S2/c1-14-16(23)9-5-10-17(14)24-22(28)19(13-15-7-3-2-4-8-15)27-32(29,30)20-12-6-11-18-21(20)26-31-25-18/h2-12,19,27H,13H2,1H3,(H,24,28). The number of fused-ring (bicyclic) bond motifs is 1. The number of aromatic nitrogens is 2. The number of rotatable bonds is 7. The third kappa shape index (κ3) is 4.81. The zero-order chi connectivity index (χ0) is 22.7. The van der Waals surface area contributed by atoms with E-state index in [-0.39, 0.29) is 16.8 Å². The van der Waals surface area contributed by atoms with Crippen molar-refractivity contribution in [3.05, 3.63) is 82.9 Å². The monoisotopic (exact) mass is 486 g/mol. The number of amides is 1. The minimum absolute atomic E-state index is 0.0199. The van der Waals surface area contributed by atoms with E-state index in [1.165, 1.54) is 6.07 Å². The zero-order valence-electron chi connectivity index (χ0n) is 16.9. The summed E-state index contributed by atoms with van der Waals surface area (Å²) in [5.74, 6) is -0.494. The van der Waals surface area contributed by atoms with Crippen LogP contribution in [0.3, 0.4) is 0 Å². The molecule has 1 unspecified atom stereocenters. The number of nitrogens with zero attached hydrogens (tertiary/aromatic N) is 2. The molecule has 4 aromatic rings. The van der Waals surface area contributed by atoms with Crippen LogP contribution in [0.4, 0.5) is 5.69 Å². The summed E-state index contributed by atoms with van der Waals surface area (Å²) in [6.45, 7) is 1.78. The van der Waals surface area contributed by atoms with Crippen LogP contribution in [-0.2, 0) is 21.2 Å². The van der Waals surface area contributed by atoms with Gasteiger partial charge in [-0.3, -0.25) is 4.79 Å². The summed E-state index contributed by atoms with van der Waals surface area (Å²) in [6.07, 6.45) is 0.164. The van der Waals surface area contributed by atoms with E-state index < -0.39 is 22.0 Å². The van der Waals surface area contributed by atoms with Crippen LogP contribution < -0.4 is 10.0 Å². The van der Waals surface area contributed by atoms with Crippen LogP contribution in [0.2, 0.25) is 5.02 Å². The van der Waals surface area contributed by atoms with E-state index in [1.54, 1.807) is 37.3 Å².